The molecule has 1 N–H and O–H groups in total. The number of piperazine rings is 1. The zero-order valence-electron chi connectivity index (χ0n) is 23.0. The predicted molar refractivity (Wildman–Crippen MR) is 158 cm³/mol. The van der Waals surface area contributed by atoms with Crippen LogP contribution in [0.25, 0.3) is 32.0 Å². The molecule has 0 radical (unpaired) electrons. The Hall–Kier alpha value is -3.44. The topological polar surface area (TPSA) is 117 Å². The summed E-state index contributed by atoms with van der Waals surface area (Å²) in [6.07, 6.45) is -1.91. The van der Waals surface area contributed by atoms with Gasteiger partial charge in [0.05, 0.1) is 21.0 Å². The number of aromatic nitrogens is 4. The van der Waals surface area contributed by atoms with Crippen molar-refractivity contribution in [2.75, 3.05) is 38.0 Å². The molecule has 1 aromatic carbocycles. The highest BCUT2D eigenvalue weighted by atomic mass is 32.2. The van der Waals surface area contributed by atoms with Gasteiger partial charge in [-0.3, -0.25) is 4.90 Å². The summed E-state index contributed by atoms with van der Waals surface area (Å²) in [5, 5.41) is 7.04. The van der Waals surface area contributed by atoms with Gasteiger partial charge in [-0.25, -0.2) is 23.4 Å². The van der Waals surface area contributed by atoms with Gasteiger partial charge < -0.3 is 9.84 Å². The van der Waals surface area contributed by atoms with Crippen molar-refractivity contribution in [3.63, 3.8) is 0 Å². The second-order valence-corrected chi connectivity index (χ2v) is 14.4. The Kier molecular flexibility index (Phi) is 7.97. The molecular weight excluding hydrogens is 624 g/mol. The van der Waals surface area contributed by atoms with Gasteiger partial charge in [0, 0.05) is 62.0 Å². The van der Waals surface area contributed by atoms with Gasteiger partial charge in [-0.1, -0.05) is 17.3 Å². The first kappa shape index (κ1) is 29.6. The van der Waals surface area contributed by atoms with Gasteiger partial charge in [0.15, 0.2) is 10.8 Å². The molecule has 1 unspecified atom stereocenters. The van der Waals surface area contributed by atoms with Crippen LogP contribution in [-0.4, -0.2) is 76.5 Å². The van der Waals surface area contributed by atoms with E-state index in [1.807, 2.05) is 19.9 Å². The molecule has 1 aliphatic rings. The van der Waals surface area contributed by atoms with E-state index in [-0.39, 0.29) is 10.3 Å². The van der Waals surface area contributed by atoms with Crippen molar-refractivity contribution in [2.24, 2.45) is 0 Å². The molecule has 5 aromatic rings. The molecule has 0 spiro atoms. The van der Waals surface area contributed by atoms with Gasteiger partial charge in [0.2, 0.25) is 0 Å². The van der Waals surface area contributed by atoms with Crippen LogP contribution in [0.4, 0.5) is 19.0 Å². The third kappa shape index (κ3) is 6.15. The summed E-state index contributed by atoms with van der Waals surface area (Å²) in [6, 6.07) is 10.3. The fourth-order valence-corrected chi connectivity index (χ4v) is 8.59. The van der Waals surface area contributed by atoms with Crippen LogP contribution in [0.2, 0.25) is 0 Å². The van der Waals surface area contributed by atoms with Crippen LogP contribution in [0, 0.1) is 6.92 Å². The number of fused-ring (bicyclic) bond motifs is 1. The van der Waals surface area contributed by atoms with Crippen LogP contribution in [0.1, 0.15) is 17.6 Å². The van der Waals surface area contributed by atoms with Crippen molar-refractivity contribution in [1.29, 1.82) is 0 Å². The van der Waals surface area contributed by atoms with Crippen molar-refractivity contribution >= 4 is 49.4 Å². The zero-order chi connectivity index (χ0) is 30.4. The van der Waals surface area contributed by atoms with E-state index < -0.39 is 21.2 Å². The predicted octanol–water partition coefficient (Wildman–Crippen LogP) is 5.60. The molecule has 0 aliphatic carbocycles. The number of halogens is 3. The number of sulfonamides is 1. The molecular formula is C27H26F3N7O3S3. The summed E-state index contributed by atoms with van der Waals surface area (Å²) in [5.74, 6) is 1.11. The normalized spacial score (nSPS) is 16.1. The number of hydrogen-bond donors (Lipinski definition) is 1. The largest absolute Gasteiger partial charge is 0.443 e. The lowest BCUT2D eigenvalue weighted by molar-refractivity contribution is -0.137. The van der Waals surface area contributed by atoms with Gasteiger partial charge >= 0.3 is 6.18 Å². The lowest BCUT2D eigenvalue weighted by atomic mass is 10.1. The summed E-state index contributed by atoms with van der Waals surface area (Å²) >= 11 is 1.74. The fourth-order valence-electron chi connectivity index (χ4n) is 4.95. The van der Waals surface area contributed by atoms with E-state index in [4.69, 9.17) is 4.52 Å². The summed E-state index contributed by atoms with van der Waals surface area (Å²) in [5.41, 5.74) is 1.80. The Balaban J connectivity index is 1.09. The number of alkyl halides is 3. The molecule has 1 atom stereocenters. The van der Waals surface area contributed by atoms with Crippen molar-refractivity contribution in [1.82, 2.24) is 29.3 Å². The molecule has 0 saturated carbocycles. The number of hydrogen-bond acceptors (Lipinski definition) is 11. The van der Waals surface area contributed by atoms with E-state index >= 15 is 0 Å². The van der Waals surface area contributed by atoms with E-state index in [0.717, 1.165) is 17.0 Å². The molecule has 1 fully saturated rings. The number of anilines is 1. The Bertz CT molecular complexity index is 1860. The molecule has 10 nitrogen and oxygen atoms in total. The maximum absolute atomic E-state index is 13.3. The van der Waals surface area contributed by atoms with Crippen LogP contribution >= 0.6 is 22.7 Å². The second kappa shape index (κ2) is 11.6. The van der Waals surface area contributed by atoms with Gasteiger partial charge in [-0.05, 0) is 32.0 Å². The highest BCUT2D eigenvalue weighted by Gasteiger charge is 2.35. The first-order valence-electron chi connectivity index (χ1n) is 13.3. The number of benzene rings is 1. The molecule has 0 amide bonds. The first-order chi connectivity index (χ1) is 20.5. The Morgan fingerprint density at radius 3 is 2.53 bits per heavy atom. The smallest absolute Gasteiger partial charge is 0.366 e. The van der Waals surface area contributed by atoms with E-state index in [0.29, 0.717) is 81.9 Å². The quantitative estimate of drug-likeness (QED) is 0.229. The average molecular weight is 650 g/mol. The molecule has 1 aliphatic heterocycles. The lowest BCUT2D eigenvalue weighted by Crippen LogP contribution is -2.50. The lowest BCUT2D eigenvalue weighted by Gasteiger charge is -2.35. The molecule has 5 heterocycles. The Labute approximate surface area is 253 Å². The standard InChI is InChI=1S/C27H26F3N7O3S3/c1-16-12-20(40-35-16)21-6-7-23(41-21)43(38,39)37-10-8-36(9-11-37)14-17(2)34-25-19-5-3-4-18(24(19)32-15-33-25)22-13-31-26(42-22)27(28,29)30/h3-7,12-13,15,17H,8-11,14H2,1-2H3,(H,32,33,34). The van der Waals surface area contributed by atoms with Crippen molar-refractivity contribution < 1.29 is 26.1 Å². The van der Waals surface area contributed by atoms with Crippen molar-refractivity contribution in [3.05, 3.63) is 59.6 Å². The average Bonchev–Trinajstić information content (AvgIpc) is 3.74. The second-order valence-electron chi connectivity index (χ2n) is 10.2. The highest BCUT2D eigenvalue weighted by Crippen LogP contribution is 2.39. The van der Waals surface area contributed by atoms with Gasteiger partial charge in [-0.15, -0.1) is 22.7 Å². The third-order valence-electron chi connectivity index (χ3n) is 6.97. The SMILES string of the molecule is Cc1cc(-c2ccc(S(=O)(=O)N3CCN(CC(C)Nc4ncnc5c(-c6cnc(C(F)(F)F)s6)cccc45)CC3)s2)on1. The molecule has 226 valence electrons. The number of nitrogens with zero attached hydrogens (tertiary/aromatic N) is 6. The summed E-state index contributed by atoms with van der Waals surface area (Å²) < 4.78 is 73.0. The van der Waals surface area contributed by atoms with E-state index in [9.17, 15) is 21.6 Å². The van der Waals surface area contributed by atoms with Crippen molar-refractivity contribution in [3.8, 4) is 21.1 Å². The van der Waals surface area contributed by atoms with E-state index in [1.165, 1.54) is 16.8 Å². The van der Waals surface area contributed by atoms with Crippen molar-refractivity contribution in [2.45, 2.75) is 30.3 Å². The maximum Gasteiger partial charge on any atom is 0.443 e. The van der Waals surface area contributed by atoms with Gasteiger partial charge in [0.1, 0.15) is 16.4 Å². The van der Waals surface area contributed by atoms with Gasteiger partial charge in [-0.2, -0.15) is 17.5 Å². The number of thiophene rings is 1. The zero-order valence-corrected chi connectivity index (χ0v) is 25.4. The molecule has 1 saturated heterocycles. The number of thiazole rings is 1. The molecule has 0 bridgehead atoms. The molecule has 43 heavy (non-hydrogen) atoms. The van der Waals surface area contributed by atoms with Crippen LogP contribution in [0.3, 0.4) is 0 Å². The van der Waals surface area contributed by atoms with Crippen LogP contribution in [0.15, 0.2) is 57.7 Å². The fraction of sp³-hybridized carbons (Fsp3) is 0.333. The monoisotopic (exact) mass is 649 g/mol. The third-order valence-corrected chi connectivity index (χ3v) is 11.5. The number of nitrogens with one attached hydrogen (secondary N) is 1. The molecule has 16 heteroatoms. The Morgan fingerprint density at radius 2 is 1.84 bits per heavy atom. The number of aryl methyl sites for hydroxylation is 1. The summed E-state index contributed by atoms with van der Waals surface area (Å²) in [4.78, 5) is 15.6. The minimum absolute atomic E-state index is 0.0598. The minimum atomic E-state index is -4.51. The summed E-state index contributed by atoms with van der Waals surface area (Å²) in [7, 11) is -3.64. The number of rotatable bonds is 8. The highest BCUT2D eigenvalue weighted by molar-refractivity contribution is 7.91. The number of para-hydroxylation sites is 1. The van der Waals surface area contributed by atoms with Crippen LogP contribution < -0.4 is 5.32 Å². The van der Waals surface area contributed by atoms with E-state index in [2.05, 4.69) is 30.3 Å². The van der Waals surface area contributed by atoms with Crippen LogP contribution in [0.5, 0.6) is 0 Å². The van der Waals surface area contributed by atoms with Crippen LogP contribution in [-0.2, 0) is 16.2 Å². The molecule has 6 rings (SSSR count). The Morgan fingerprint density at radius 1 is 1.05 bits per heavy atom. The molecule has 4 aromatic heterocycles. The summed E-state index contributed by atoms with van der Waals surface area (Å²) in [6.45, 7) is 6.28. The maximum atomic E-state index is 13.3. The first-order valence-corrected chi connectivity index (χ1v) is 16.4. The van der Waals surface area contributed by atoms with E-state index in [1.54, 1.807) is 30.3 Å². The minimum Gasteiger partial charge on any atom is -0.366 e. The van der Waals surface area contributed by atoms with Gasteiger partial charge in [0.25, 0.3) is 10.0 Å².